The number of carboxylic acid groups (broad SMARTS) is 1. The molecular weight excluding hydrogens is 242 g/mol. The van der Waals surface area contributed by atoms with E-state index in [4.69, 9.17) is 5.11 Å². The van der Waals surface area contributed by atoms with Crippen LogP contribution < -0.4 is 5.32 Å². The number of benzene rings is 1. The molecule has 0 heterocycles. The van der Waals surface area contributed by atoms with Gasteiger partial charge in [0.15, 0.2) is 0 Å². The predicted octanol–water partition coefficient (Wildman–Crippen LogP) is 2.43. The van der Waals surface area contributed by atoms with E-state index in [9.17, 15) is 9.59 Å². The summed E-state index contributed by atoms with van der Waals surface area (Å²) in [5.41, 5.74) is 1.75. The van der Waals surface area contributed by atoms with Crippen molar-refractivity contribution in [2.45, 2.75) is 33.1 Å². The van der Waals surface area contributed by atoms with E-state index in [0.29, 0.717) is 5.56 Å². The molecule has 0 aromatic heterocycles. The first kappa shape index (κ1) is 15.2. The van der Waals surface area contributed by atoms with Gasteiger partial charge in [-0.2, -0.15) is 0 Å². The van der Waals surface area contributed by atoms with Gasteiger partial charge in [0.1, 0.15) is 0 Å². The normalized spacial score (nSPS) is 12.8. The monoisotopic (exact) mass is 263 g/mol. The molecule has 0 saturated carbocycles. The fourth-order valence-electron chi connectivity index (χ4n) is 1.56. The fraction of sp³-hybridized carbons (Fsp3) is 0.467. The molecule has 0 spiro atoms. The van der Waals surface area contributed by atoms with Crippen LogP contribution in [-0.4, -0.2) is 23.5 Å². The van der Waals surface area contributed by atoms with E-state index in [-0.39, 0.29) is 17.9 Å². The van der Waals surface area contributed by atoms with Crippen molar-refractivity contribution in [3.05, 3.63) is 35.4 Å². The summed E-state index contributed by atoms with van der Waals surface area (Å²) in [4.78, 5) is 22.5. The third-order valence-corrected chi connectivity index (χ3v) is 3.00. The number of hydrogen-bond donors (Lipinski definition) is 2. The van der Waals surface area contributed by atoms with Crippen molar-refractivity contribution >= 4 is 11.9 Å². The molecule has 104 valence electrons. The van der Waals surface area contributed by atoms with Crippen LogP contribution in [0.15, 0.2) is 24.3 Å². The van der Waals surface area contributed by atoms with Gasteiger partial charge >= 0.3 is 5.97 Å². The van der Waals surface area contributed by atoms with Crippen LogP contribution in [0.1, 0.15) is 43.6 Å². The number of nitrogens with one attached hydrogen (secondary N) is 1. The Bertz CT molecular complexity index is 457. The van der Waals surface area contributed by atoms with E-state index < -0.39 is 11.9 Å². The lowest BCUT2D eigenvalue weighted by Crippen LogP contribution is -2.31. The van der Waals surface area contributed by atoms with Crippen LogP contribution in [0, 0.1) is 5.92 Å². The molecule has 0 aliphatic carbocycles. The highest BCUT2D eigenvalue weighted by atomic mass is 16.4. The van der Waals surface area contributed by atoms with Gasteiger partial charge in [-0.1, -0.05) is 39.8 Å². The third kappa shape index (κ3) is 4.39. The molecule has 2 N–H and O–H groups in total. The topological polar surface area (TPSA) is 66.4 Å². The van der Waals surface area contributed by atoms with Crippen molar-refractivity contribution in [2.24, 2.45) is 5.92 Å². The first-order chi connectivity index (χ1) is 8.71. The second kappa shape index (κ2) is 5.87. The first-order valence-corrected chi connectivity index (χ1v) is 6.33. The number of aliphatic carboxylic acids is 1. The Labute approximate surface area is 113 Å². The molecule has 1 unspecified atom stereocenters. The molecule has 4 nitrogen and oxygen atoms in total. The lowest BCUT2D eigenvalue weighted by Gasteiger charge is -2.19. The molecule has 0 bridgehead atoms. The smallest absolute Gasteiger partial charge is 0.308 e. The van der Waals surface area contributed by atoms with Crippen LogP contribution in [0.2, 0.25) is 0 Å². The van der Waals surface area contributed by atoms with Crippen LogP contribution in [0.4, 0.5) is 0 Å². The Morgan fingerprint density at radius 1 is 1.21 bits per heavy atom. The Morgan fingerprint density at radius 3 is 2.16 bits per heavy atom. The molecule has 4 heteroatoms. The molecule has 1 aromatic rings. The summed E-state index contributed by atoms with van der Waals surface area (Å²) in [6, 6.07) is 7.38. The van der Waals surface area contributed by atoms with E-state index in [0.717, 1.165) is 5.56 Å². The van der Waals surface area contributed by atoms with Gasteiger partial charge in [0.25, 0.3) is 5.91 Å². The summed E-state index contributed by atoms with van der Waals surface area (Å²) in [5.74, 6) is -1.74. The predicted molar refractivity (Wildman–Crippen MR) is 74.3 cm³/mol. The number of carboxylic acids is 1. The molecule has 0 radical (unpaired) electrons. The van der Waals surface area contributed by atoms with Gasteiger partial charge in [-0.05, 0) is 23.1 Å². The summed E-state index contributed by atoms with van der Waals surface area (Å²) in [7, 11) is 0. The second-order valence-electron chi connectivity index (χ2n) is 5.78. The molecule has 1 rings (SSSR count). The van der Waals surface area contributed by atoms with Gasteiger partial charge in [-0.15, -0.1) is 0 Å². The molecule has 0 fully saturated rings. The molecule has 1 amide bonds. The maximum absolute atomic E-state index is 11.8. The van der Waals surface area contributed by atoms with Gasteiger partial charge < -0.3 is 10.4 Å². The molecule has 0 aliphatic rings. The number of rotatable bonds is 4. The van der Waals surface area contributed by atoms with Crippen LogP contribution in [0.5, 0.6) is 0 Å². The highest BCUT2D eigenvalue weighted by Gasteiger charge is 2.15. The summed E-state index contributed by atoms with van der Waals surface area (Å²) < 4.78 is 0. The van der Waals surface area contributed by atoms with Crippen LogP contribution in [-0.2, 0) is 10.2 Å². The average Bonchev–Trinajstić information content (AvgIpc) is 2.34. The maximum atomic E-state index is 11.8. The van der Waals surface area contributed by atoms with E-state index in [1.807, 2.05) is 12.1 Å². The largest absolute Gasteiger partial charge is 0.481 e. The Hall–Kier alpha value is -1.84. The average molecular weight is 263 g/mol. The van der Waals surface area contributed by atoms with Gasteiger partial charge in [-0.3, -0.25) is 9.59 Å². The Morgan fingerprint density at radius 2 is 1.74 bits per heavy atom. The molecule has 0 saturated heterocycles. The lowest BCUT2D eigenvalue weighted by atomic mass is 9.87. The second-order valence-corrected chi connectivity index (χ2v) is 5.78. The molecule has 1 aromatic carbocycles. The molecule has 0 aliphatic heterocycles. The van der Waals surface area contributed by atoms with Crippen molar-refractivity contribution in [3.63, 3.8) is 0 Å². The quantitative estimate of drug-likeness (QED) is 0.876. The van der Waals surface area contributed by atoms with Gasteiger partial charge in [0.2, 0.25) is 0 Å². The highest BCUT2D eigenvalue weighted by molar-refractivity contribution is 5.94. The minimum Gasteiger partial charge on any atom is -0.481 e. The molecular formula is C15H21NO3. The fourth-order valence-corrected chi connectivity index (χ4v) is 1.56. The number of carbonyl (C=O) groups is 2. The number of hydrogen-bond acceptors (Lipinski definition) is 2. The van der Waals surface area contributed by atoms with Crippen LogP contribution in [0.3, 0.4) is 0 Å². The van der Waals surface area contributed by atoms with E-state index in [1.165, 1.54) is 0 Å². The van der Waals surface area contributed by atoms with Crippen molar-refractivity contribution in [3.8, 4) is 0 Å². The summed E-state index contributed by atoms with van der Waals surface area (Å²) in [6.45, 7) is 8.02. The lowest BCUT2D eigenvalue weighted by molar-refractivity contribution is -0.140. The molecule has 1 atom stereocenters. The summed E-state index contributed by atoms with van der Waals surface area (Å²) in [6.07, 6.45) is 0. The van der Waals surface area contributed by atoms with Gasteiger partial charge in [0.05, 0.1) is 5.92 Å². The number of carbonyl (C=O) groups excluding carboxylic acids is 1. The minimum atomic E-state index is -0.914. The zero-order chi connectivity index (χ0) is 14.6. The van der Waals surface area contributed by atoms with Gasteiger partial charge in [-0.25, -0.2) is 0 Å². The third-order valence-electron chi connectivity index (χ3n) is 3.00. The van der Waals surface area contributed by atoms with Crippen molar-refractivity contribution in [2.75, 3.05) is 6.54 Å². The van der Waals surface area contributed by atoms with E-state index in [2.05, 4.69) is 26.1 Å². The standard InChI is InChI=1S/C15H21NO3/c1-10(14(18)19)9-16-13(17)11-5-7-12(8-6-11)15(2,3)4/h5-8,10H,9H2,1-4H3,(H,16,17)(H,18,19). The van der Waals surface area contributed by atoms with E-state index in [1.54, 1.807) is 19.1 Å². The number of amides is 1. The van der Waals surface area contributed by atoms with Crippen LogP contribution in [0.25, 0.3) is 0 Å². The van der Waals surface area contributed by atoms with Crippen molar-refractivity contribution in [1.29, 1.82) is 0 Å². The summed E-state index contributed by atoms with van der Waals surface area (Å²) >= 11 is 0. The Balaban J connectivity index is 2.66. The summed E-state index contributed by atoms with van der Waals surface area (Å²) in [5, 5.41) is 11.4. The van der Waals surface area contributed by atoms with Gasteiger partial charge in [0, 0.05) is 12.1 Å². The van der Waals surface area contributed by atoms with Crippen molar-refractivity contribution in [1.82, 2.24) is 5.32 Å². The van der Waals surface area contributed by atoms with Crippen LogP contribution >= 0.6 is 0 Å². The molecule has 19 heavy (non-hydrogen) atoms. The zero-order valence-electron chi connectivity index (χ0n) is 11.9. The minimum absolute atomic E-state index is 0.0484. The highest BCUT2D eigenvalue weighted by Crippen LogP contribution is 2.22. The SMILES string of the molecule is CC(CNC(=O)c1ccc(C(C)(C)C)cc1)C(=O)O. The Kier molecular flexibility index (Phi) is 4.70. The van der Waals surface area contributed by atoms with Crippen molar-refractivity contribution < 1.29 is 14.7 Å². The first-order valence-electron chi connectivity index (χ1n) is 6.33. The van der Waals surface area contributed by atoms with E-state index >= 15 is 0 Å². The maximum Gasteiger partial charge on any atom is 0.308 e. The zero-order valence-corrected chi connectivity index (χ0v) is 11.9.